The van der Waals surface area contributed by atoms with Crippen molar-refractivity contribution in [1.82, 2.24) is 15.0 Å². The van der Waals surface area contributed by atoms with Crippen molar-refractivity contribution in [2.45, 2.75) is 0 Å². The summed E-state index contributed by atoms with van der Waals surface area (Å²) in [6.45, 7) is 0. The van der Waals surface area contributed by atoms with E-state index in [1.165, 1.54) is 11.1 Å². The van der Waals surface area contributed by atoms with Gasteiger partial charge in [0.25, 0.3) is 0 Å². The van der Waals surface area contributed by atoms with E-state index in [2.05, 4.69) is 176 Å². The Kier molecular flexibility index (Phi) is 7.43. The van der Waals surface area contributed by atoms with Gasteiger partial charge in [-0.3, -0.25) is 0 Å². The topological polar surface area (TPSA) is 51.8 Å². The van der Waals surface area contributed by atoms with Gasteiger partial charge in [0, 0.05) is 32.8 Å². The third-order valence-corrected chi connectivity index (χ3v) is 9.91. The Morgan fingerprint density at radius 3 is 1.30 bits per heavy atom. The number of hydrogen-bond acceptors (Lipinski definition) is 4. The first-order chi connectivity index (χ1) is 26.2. The van der Waals surface area contributed by atoms with Gasteiger partial charge in [-0.15, -0.1) is 0 Å². The molecule has 0 aliphatic rings. The lowest BCUT2D eigenvalue weighted by molar-refractivity contribution is 0.673. The van der Waals surface area contributed by atoms with Crippen molar-refractivity contribution >= 4 is 32.7 Å². The molecule has 0 bridgehead atoms. The van der Waals surface area contributed by atoms with E-state index in [0.29, 0.717) is 17.5 Å². The van der Waals surface area contributed by atoms with Gasteiger partial charge in [0.15, 0.2) is 17.5 Å². The van der Waals surface area contributed by atoms with Crippen LogP contribution in [-0.4, -0.2) is 15.0 Å². The van der Waals surface area contributed by atoms with Crippen LogP contribution in [0.3, 0.4) is 0 Å². The second-order valence-corrected chi connectivity index (χ2v) is 13.2. The van der Waals surface area contributed by atoms with Gasteiger partial charge < -0.3 is 4.42 Å². The predicted octanol–water partition coefficient (Wildman–Crippen LogP) is 12.9. The van der Waals surface area contributed by atoms with Crippen LogP contribution < -0.4 is 0 Å². The Balaban J connectivity index is 1.15. The number of rotatable bonds is 6. The number of hydrogen-bond donors (Lipinski definition) is 0. The van der Waals surface area contributed by atoms with Crippen LogP contribution >= 0.6 is 0 Å². The van der Waals surface area contributed by atoms with E-state index in [-0.39, 0.29) is 0 Å². The van der Waals surface area contributed by atoms with Gasteiger partial charge >= 0.3 is 0 Å². The van der Waals surface area contributed by atoms with Crippen molar-refractivity contribution in [1.29, 1.82) is 0 Å². The first kappa shape index (κ1) is 30.6. The molecule has 0 radical (unpaired) electrons. The van der Waals surface area contributed by atoms with Crippen molar-refractivity contribution in [2.24, 2.45) is 0 Å². The highest BCUT2D eigenvalue weighted by atomic mass is 16.3. The lowest BCUT2D eigenvalue weighted by Gasteiger charge is -2.11. The van der Waals surface area contributed by atoms with E-state index in [1.54, 1.807) is 0 Å². The van der Waals surface area contributed by atoms with Gasteiger partial charge in [-0.2, -0.15) is 0 Å². The molecule has 2 heterocycles. The molecule has 53 heavy (non-hydrogen) atoms. The van der Waals surface area contributed by atoms with Crippen molar-refractivity contribution in [2.75, 3.05) is 0 Å². The van der Waals surface area contributed by atoms with Crippen molar-refractivity contribution < 1.29 is 4.42 Å². The number of fused-ring (bicyclic) bond motifs is 5. The molecule has 0 unspecified atom stereocenters. The molecule has 8 aromatic carbocycles. The summed E-state index contributed by atoms with van der Waals surface area (Å²) in [7, 11) is 0. The molecule has 2 aromatic heterocycles. The van der Waals surface area contributed by atoms with Crippen LogP contribution in [0.1, 0.15) is 0 Å². The Morgan fingerprint density at radius 1 is 0.283 bits per heavy atom. The maximum absolute atomic E-state index is 6.71. The second-order valence-electron chi connectivity index (χ2n) is 13.2. The third kappa shape index (κ3) is 5.63. The minimum absolute atomic E-state index is 0.581. The van der Waals surface area contributed by atoms with Gasteiger partial charge in [0.1, 0.15) is 11.2 Å². The summed E-state index contributed by atoms with van der Waals surface area (Å²) in [5, 5.41) is 4.37. The molecule has 10 rings (SSSR count). The highest BCUT2D eigenvalue weighted by Crippen LogP contribution is 2.41. The minimum Gasteiger partial charge on any atom is -0.455 e. The highest BCUT2D eigenvalue weighted by Gasteiger charge is 2.18. The lowest BCUT2D eigenvalue weighted by Crippen LogP contribution is -2.00. The minimum atomic E-state index is 0.581. The van der Waals surface area contributed by atoms with E-state index in [1.807, 2.05) is 12.1 Å². The standard InChI is InChI=1S/C49H31N3O/c1-4-14-32(15-5-1)35-20-12-22-37(28-35)47-50-48(38-23-13-21-36(29-38)33-16-6-2-7-17-33)52-49(51-47)39-26-27-41-44-31-43(34-18-8-3-9-19-34)40-24-10-11-25-42(40)46(44)53-45(41)30-39/h1-31H. The van der Waals surface area contributed by atoms with Gasteiger partial charge in [0.2, 0.25) is 0 Å². The number of aromatic nitrogens is 3. The normalized spacial score (nSPS) is 11.4. The van der Waals surface area contributed by atoms with Gasteiger partial charge in [-0.05, 0) is 69.1 Å². The quantitative estimate of drug-likeness (QED) is 0.176. The average molecular weight is 678 g/mol. The molecule has 10 aromatic rings. The monoisotopic (exact) mass is 677 g/mol. The van der Waals surface area contributed by atoms with Crippen LogP contribution in [-0.2, 0) is 0 Å². The lowest BCUT2D eigenvalue weighted by atomic mass is 9.95. The zero-order chi connectivity index (χ0) is 35.1. The fourth-order valence-electron chi connectivity index (χ4n) is 7.29. The highest BCUT2D eigenvalue weighted by molar-refractivity contribution is 6.19. The van der Waals surface area contributed by atoms with E-state index in [9.17, 15) is 0 Å². The molecule has 0 amide bonds. The molecule has 0 saturated carbocycles. The largest absolute Gasteiger partial charge is 0.455 e. The molecular weight excluding hydrogens is 647 g/mol. The molecule has 4 heteroatoms. The molecule has 0 aliphatic carbocycles. The average Bonchev–Trinajstić information content (AvgIpc) is 3.62. The van der Waals surface area contributed by atoms with Crippen molar-refractivity contribution in [3.8, 4) is 67.5 Å². The van der Waals surface area contributed by atoms with Crippen molar-refractivity contribution in [3.63, 3.8) is 0 Å². The Labute approximate surface area is 306 Å². The maximum Gasteiger partial charge on any atom is 0.164 e. The van der Waals surface area contributed by atoms with Crippen LogP contribution in [0.5, 0.6) is 0 Å². The van der Waals surface area contributed by atoms with Crippen LogP contribution in [0, 0.1) is 0 Å². The fourth-order valence-corrected chi connectivity index (χ4v) is 7.29. The van der Waals surface area contributed by atoms with Crippen LogP contribution in [0.4, 0.5) is 0 Å². The number of nitrogens with zero attached hydrogens (tertiary/aromatic N) is 3. The van der Waals surface area contributed by atoms with E-state index in [0.717, 1.165) is 71.7 Å². The zero-order valence-electron chi connectivity index (χ0n) is 28.6. The molecule has 0 atom stereocenters. The zero-order valence-corrected chi connectivity index (χ0v) is 28.6. The molecule has 0 fully saturated rings. The van der Waals surface area contributed by atoms with Gasteiger partial charge in [0.05, 0.1) is 0 Å². The summed E-state index contributed by atoms with van der Waals surface area (Å²) in [6, 6.07) is 65.1. The molecule has 0 aliphatic heterocycles. The summed E-state index contributed by atoms with van der Waals surface area (Å²) >= 11 is 0. The smallest absolute Gasteiger partial charge is 0.164 e. The summed E-state index contributed by atoms with van der Waals surface area (Å²) in [5.41, 5.74) is 11.2. The summed E-state index contributed by atoms with van der Waals surface area (Å²) < 4.78 is 6.71. The molecule has 0 saturated heterocycles. The molecule has 4 nitrogen and oxygen atoms in total. The fraction of sp³-hybridized carbons (Fsp3) is 0. The van der Waals surface area contributed by atoms with Crippen molar-refractivity contribution in [3.05, 3.63) is 188 Å². The first-order valence-electron chi connectivity index (χ1n) is 17.8. The van der Waals surface area contributed by atoms with E-state index >= 15 is 0 Å². The number of benzene rings is 8. The predicted molar refractivity (Wildman–Crippen MR) is 217 cm³/mol. The van der Waals surface area contributed by atoms with Crippen LogP contribution in [0.2, 0.25) is 0 Å². The van der Waals surface area contributed by atoms with E-state index < -0.39 is 0 Å². The molecule has 0 spiro atoms. The SMILES string of the molecule is c1ccc(-c2cccc(-c3nc(-c4cccc(-c5ccccc5)c4)nc(-c4ccc5c(c4)oc4c6ccccc6c(-c6ccccc6)cc54)n3)c2)cc1. The van der Waals surface area contributed by atoms with Crippen LogP contribution in [0.25, 0.3) is 100 Å². The number of furan rings is 1. The van der Waals surface area contributed by atoms with Gasteiger partial charge in [-0.1, -0.05) is 158 Å². The maximum atomic E-state index is 6.71. The summed E-state index contributed by atoms with van der Waals surface area (Å²) in [6.07, 6.45) is 0. The summed E-state index contributed by atoms with van der Waals surface area (Å²) in [4.78, 5) is 15.3. The van der Waals surface area contributed by atoms with E-state index in [4.69, 9.17) is 19.4 Å². The van der Waals surface area contributed by atoms with Crippen LogP contribution in [0.15, 0.2) is 192 Å². The Bertz CT molecular complexity index is 2830. The summed E-state index contributed by atoms with van der Waals surface area (Å²) in [5.74, 6) is 1.80. The second kappa shape index (κ2) is 12.9. The Morgan fingerprint density at radius 2 is 0.736 bits per heavy atom. The first-order valence-corrected chi connectivity index (χ1v) is 17.8. The molecule has 0 N–H and O–H groups in total. The Hall–Kier alpha value is -7.17. The van der Waals surface area contributed by atoms with Gasteiger partial charge in [-0.25, -0.2) is 15.0 Å². The third-order valence-electron chi connectivity index (χ3n) is 9.91. The molecule has 248 valence electrons. The molecular formula is C49H31N3O.